The first-order chi connectivity index (χ1) is 11.5. The van der Waals surface area contributed by atoms with Crippen LogP contribution in [0.25, 0.3) is 11.0 Å². The summed E-state index contributed by atoms with van der Waals surface area (Å²) in [7, 11) is 0. The summed E-state index contributed by atoms with van der Waals surface area (Å²) in [6.45, 7) is 10.3. The molecule has 1 saturated heterocycles. The summed E-state index contributed by atoms with van der Waals surface area (Å²) in [6, 6.07) is 5.74. The summed E-state index contributed by atoms with van der Waals surface area (Å²) >= 11 is 0. The van der Waals surface area contributed by atoms with Crippen LogP contribution >= 0.6 is 0 Å². The minimum absolute atomic E-state index is 0.120. The number of carbonyl (C=O) groups excluding carboxylic acids is 1. The minimum Gasteiger partial charge on any atom is -0.338 e. The summed E-state index contributed by atoms with van der Waals surface area (Å²) in [5.41, 5.74) is 4.52. The lowest BCUT2D eigenvalue weighted by atomic mass is 9.91. The average molecular weight is 325 g/mol. The van der Waals surface area contributed by atoms with Crippen LogP contribution in [0.3, 0.4) is 0 Å². The van der Waals surface area contributed by atoms with E-state index in [1.807, 2.05) is 23.1 Å². The Morgan fingerprint density at radius 3 is 2.21 bits per heavy atom. The zero-order valence-electron chi connectivity index (χ0n) is 15.2. The van der Waals surface area contributed by atoms with Gasteiger partial charge in [-0.15, -0.1) is 0 Å². The normalized spacial score (nSPS) is 21.2. The maximum absolute atomic E-state index is 12.9. The molecule has 1 aromatic heterocycles. The number of aryl methyl sites for hydroxylation is 2. The Morgan fingerprint density at radius 1 is 1.04 bits per heavy atom. The SMILES string of the molecule is CCc1nc2ccc(C(=O)N3C[C@@H](C)C[C@H](C)C3)cc2nc1CC. The van der Waals surface area contributed by atoms with Gasteiger partial charge in [-0.2, -0.15) is 0 Å². The van der Waals surface area contributed by atoms with Gasteiger partial charge in [0.25, 0.3) is 5.91 Å². The molecule has 128 valence electrons. The highest BCUT2D eigenvalue weighted by Crippen LogP contribution is 2.23. The number of likely N-dealkylation sites (tertiary alicyclic amines) is 1. The van der Waals surface area contributed by atoms with E-state index in [0.717, 1.165) is 53.9 Å². The second kappa shape index (κ2) is 6.88. The number of carbonyl (C=O) groups is 1. The van der Waals surface area contributed by atoms with Crippen molar-refractivity contribution in [1.82, 2.24) is 14.9 Å². The molecular formula is C20H27N3O. The van der Waals surface area contributed by atoms with E-state index in [2.05, 4.69) is 27.7 Å². The number of hydrogen-bond donors (Lipinski definition) is 0. The molecule has 1 amide bonds. The topological polar surface area (TPSA) is 46.1 Å². The van der Waals surface area contributed by atoms with Crippen LogP contribution in [0.15, 0.2) is 18.2 Å². The third-order valence-electron chi connectivity index (χ3n) is 4.89. The fourth-order valence-electron chi connectivity index (χ4n) is 3.84. The van der Waals surface area contributed by atoms with Crippen molar-refractivity contribution in [2.45, 2.75) is 47.0 Å². The molecule has 4 nitrogen and oxygen atoms in total. The molecule has 0 spiro atoms. The third kappa shape index (κ3) is 3.28. The summed E-state index contributed by atoms with van der Waals surface area (Å²) in [6.07, 6.45) is 2.95. The molecule has 1 aromatic carbocycles. The van der Waals surface area contributed by atoms with Gasteiger partial charge in [0.2, 0.25) is 0 Å². The predicted octanol–water partition coefficient (Wildman–Crippen LogP) is 3.87. The van der Waals surface area contributed by atoms with E-state index in [0.29, 0.717) is 11.8 Å². The summed E-state index contributed by atoms with van der Waals surface area (Å²) in [5, 5.41) is 0. The van der Waals surface area contributed by atoms with Crippen LogP contribution < -0.4 is 0 Å². The van der Waals surface area contributed by atoms with E-state index in [-0.39, 0.29) is 5.91 Å². The number of hydrogen-bond acceptors (Lipinski definition) is 3. The first-order valence-electron chi connectivity index (χ1n) is 9.10. The Labute approximate surface area is 144 Å². The number of amides is 1. The third-order valence-corrected chi connectivity index (χ3v) is 4.89. The van der Waals surface area contributed by atoms with Gasteiger partial charge in [0.15, 0.2) is 0 Å². The minimum atomic E-state index is 0.120. The van der Waals surface area contributed by atoms with Gasteiger partial charge in [-0.3, -0.25) is 4.79 Å². The zero-order chi connectivity index (χ0) is 17.3. The van der Waals surface area contributed by atoms with Crippen LogP contribution in [-0.4, -0.2) is 33.9 Å². The maximum atomic E-state index is 12.9. The highest BCUT2D eigenvalue weighted by Gasteiger charge is 2.26. The smallest absolute Gasteiger partial charge is 0.253 e. The van der Waals surface area contributed by atoms with E-state index < -0.39 is 0 Å². The molecule has 1 aliphatic rings. The monoisotopic (exact) mass is 325 g/mol. The van der Waals surface area contributed by atoms with E-state index in [1.165, 1.54) is 6.42 Å². The van der Waals surface area contributed by atoms with E-state index in [9.17, 15) is 4.79 Å². The lowest BCUT2D eigenvalue weighted by Crippen LogP contribution is -2.42. The van der Waals surface area contributed by atoms with E-state index >= 15 is 0 Å². The number of fused-ring (bicyclic) bond motifs is 1. The van der Waals surface area contributed by atoms with Crippen molar-refractivity contribution in [3.8, 4) is 0 Å². The molecular weight excluding hydrogens is 298 g/mol. The molecule has 2 aromatic rings. The van der Waals surface area contributed by atoms with Crippen LogP contribution in [0.2, 0.25) is 0 Å². The van der Waals surface area contributed by atoms with Gasteiger partial charge in [-0.25, -0.2) is 9.97 Å². The van der Waals surface area contributed by atoms with Crippen LogP contribution in [0.1, 0.15) is 55.9 Å². The van der Waals surface area contributed by atoms with Gasteiger partial charge in [0, 0.05) is 18.7 Å². The Kier molecular flexibility index (Phi) is 4.83. The second-order valence-electron chi connectivity index (χ2n) is 7.18. The molecule has 4 heteroatoms. The van der Waals surface area contributed by atoms with Gasteiger partial charge in [0.05, 0.1) is 22.4 Å². The molecule has 2 atom stereocenters. The molecule has 0 aliphatic carbocycles. The molecule has 3 rings (SSSR count). The Balaban J connectivity index is 1.93. The second-order valence-corrected chi connectivity index (χ2v) is 7.18. The van der Waals surface area contributed by atoms with Crippen molar-refractivity contribution in [1.29, 1.82) is 0 Å². The lowest BCUT2D eigenvalue weighted by molar-refractivity contribution is 0.0623. The Hall–Kier alpha value is -1.97. The predicted molar refractivity (Wildman–Crippen MR) is 97.1 cm³/mol. The van der Waals surface area contributed by atoms with Crippen molar-refractivity contribution in [3.63, 3.8) is 0 Å². The largest absolute Gasteiger partial charge is 0.338 e. The number of piperidine rings is 1. The quantitative estimate of drug-likeness (QED) is 0.860. The molecule has 0 unspecified atom stereocenters. The molecule has 0 saturated carbocycles. The molecule has 1 aliphatic heterocycles. The first kappa shape index (κ1) is 16.9. The van der Waals surface area contributed by atoms with Crippen LogP contribution in [0.5, 0.6) is 0 Å². The number of nitrogens with zero attached hydrogens (tertiary/aromatic N) is 3. The standard InChI is InChI=1S/C20H27N3O/c1-5-16-17(6-2)22-19-10-15(7-8-18(19)21-16)20(24)23-11-13(3)9-14(4)12-23/h7-8,10,13-14H,5-6,9,11-12H2,1-4H3/t13-,14-/m0/s1. The summed E-state index contributed by atoms with van der Waals surface area (Å²) in [5.74, 6) is 1.25. The Morgan fingerprint density at radius 2 is 1.62 bits per heavy atom. The fraction of sp³-hybridized carbons (Fsp3) is 0.550. The van der Waals surface area contributed by atoms with Gasteiger partial charge >= 0.3 is 0 Å². The fourth-order valence-corrected chi connectivity index (χ4v) is 3.84. The summed E-state index contributed by atoms with van der Waals surface area (Å²) in [4.78, 5) is 24.3. The van der Waals surface area contributed by atoms with Crippen LogP contribution in [0.4, 0.5) is 0 Å². The van der Waals surface area contributed by atoms with Gasteiger partial charge in [-0.05, 0) is 49.3 Å². The molecule has 0 N–H and O–H groups in total. The molecule has 0 bridgehead atoms. The van der Waals surface area contributed by atoms with Gasteiger partial charge in [0.1, 0.15) is 0 Å². The molecule has 2 heterocycles. The highest BCUT2D eigenvalue weighted by atomic mass is 16.2. The lowest BCUT2D eigenvalue weighted by Gasteiger charge is -2.35. The van der Waals surface area contributed by atoms with E-state index in [4.69, 9.17) is 9.97 Å². The van der Waals surface area contributed by atoms with Crippen molar-refractivity contribution in [2.24, 2.45) is 11.8 Å². The van der Waals surface area contributed by atoms with Gasteiger partial charge in [-0.1, -0.05) is 27.7 Å². The van der Waals surface area contributed by atoms with Crippen molar-refractivity contribution in [3.05, 3.63) is 35.2 Å². The van der Waals surface area contributed by atoms with Crippen molar-refractivity contribution < 1.29 is 4.79 Å². The maximum Gasteiger partial charge on any atom is 0.253 e. The highest BCUT2D eigenvalue weighted by molar-refractivity contribution is 5.97. The number of benzene rings is 1. The number of aromatic nitrogens is 2. The molecule has 1 fully saturated rings. The van der Waals surface area contributed by atoms with Crippen LogP contribution in [0, 0.1) is 11.8 Å². The summed E-state index contributed by atoms with van der Waals surface area (Å²) < 4.78 is 0. The Bertz CT molecular complexity index is 746. The van der Waals surface area contributed by atoms with E-state index in [1.54, 1.807) is 0 Å². The zero-order valence-corrected chi connectivity index (χ0v) is 15.2. The van der Waals surface area contributed by atoms with Crippen molar-refractivity contribution in [2.75, 3.05) is 13.1 Å². The molecule has 0 radical (unpaired) electrons. The average Bonchev–Trinajstić information content (AvgIpc) is 2.58. The molecule has 24 heavy (non-hydrogen) atoms. The number of rotatable bonds is 3. The van der Waals surface area contributed by atoms with Gasteiger partial charge < -0.3 is 4.90 Å². The first-order valence-corrected chi connectivity index (χ1v) is 9.10. The van der Waals surface area contributed by atoms with Crippen molar-refractivity contribution >= 4 is 16.9 Å². The van der Waals surface area contributed by atoms with Crippen LogP contribution in [-0.2, 0) is 12.8 Å².